The molecule has 0 aliphatic carbocycles. The van der Waals surface area contributed by atoms with Gasteiger partial charge < -0.3 is 63.4 Å². The normalized spacial score (nSPS) is 36.8. The first-order valence-electron chi connectivity index (χ1n) is 21.6. The third kappa shape index (κ3) is 13.4. The molecule has 0 amide bonds. The molecule has 5 N–H and O–H groups in total. The van der Waals surface area contributed by atoms with Crippen LogP contribution < -0.4 is 0 Å². The molecule has 4 aliphatic heterocycles. The summed E-state index contributed by atoms with van der Waals surface area (Å²) in [6.45, 7) is 11.4. The van der Waals surface area contributed by atoms with Crippen molar-refractivity contribution < 1.29 is 82.6 Å². The third-order valence-electron chi connectivity index (χ3n) is 12.2. The quantitative estimate of drug-likeness (QED) is 0.0554. The standard InChI is InChI=1S/C46H68O17/c1-10-11-12-13-14-38(50)61-42-30(21-40(52)57-9)20-33-24-36(27(2)47)60-41(53)23-31(49)22-34-25-37(58-28(3)48)44(6,7)45(54,62-34)26-35-18-29(19-39(51)56-8)17-32(59-35)15-16-43(4,5)46(42,55)63-33/h11-16,19,21,27-28,31-37,42,47-49,54-55H,10,17-18,20,22-26H2,1-9H3/b12-11+,14-13+,16-15+,29-19+,30-21+/t27-,28?,31-,32+,33+,34-,35+,36-,37+,42+,45+,46-/m1/s1. The van der Waals surface area contributed by atoms with Crippen LogP contribution in [0.25, 0.3) is 0 Å². The zero-order valence-corrected chi connectivity index (χ0v) is 37.9. The molecule has 12 atom stereocenters. The number of ether oxygens (including phenoxy) is 8. The topological polar surface area (TPSA) is 243 Å². The van der Waals surface area contributed by atoms with E-state index in [1.54, 1.807) is 45.9 Å². The number of carbonyl (C=O) groups excluding carboxylic acids is 4. The molecule has 4 aliphatic rings. The lowest BCUT2D eigenvalue weighted by Gasteiger charge is -2.54. The molecule has 0 aromatic rings. The molecule has 1 unspecified atom stereocenters. The fourth-order valence-corrected chi connectivity index (χ4v) is 8.51. The summed E-state index contributed by atoms with van der Waals surface area (Å²) in [5.41, 5.74) is -1.97. The molecular weight excluding hydrogens is 824 g/mol. The molecule has 354 valence electrons. The van der Waals surface area contributed by atoms with Gasteiger partial charge in [0.15, 0.2) is 18.2 Å². The maximum absolute atomic E-state index is 13.4. The fourth-order valence-electron chi connectivity index (χ4n) is 8.51. The Morgan fingerprint density at radius 3 is 2.19 bits per heavy atom. The number of esters is 4. The van der Waals surface area contributed by atoms with Crippen molar-refractivity contribution in [3.8, 4) is 0 Å². The first-order valence-corrected chi connectivity index (χ1v) is 21.6. The van der Waals surface area contributed by atoms with E-state index in [4.69, 9.17) is 37.9 Å². The van der Waals surface area contributed by atoms with Crippen molar-refractivity contribution in [1.82, 2.24) is 0 Å². The maximum atomic E-state index is 13.4. The van der Waals surface area contributed by atoms with Gasteiger partial charge in [0.1, 0.15) is 6.10 Å². The molecule has 0 spiro atoms. The Hall–Kier alpha value is -3.78. The van der Waals surface area contributed by atoms with Gasteiger partial charge in [-0.15, -0.1) is 0 Å². The lowest BCUT2D eigenvalue weighted by atomic mass is 9.70. The van der Waals surface area contributed by atoms with E-state index in [2.05, 4.69) is 0 Å². The number of hydrogen-bond donors (Lipinski definition) is 5. The zero-order valence-electron chi connectivity index (χ0n) is 37.9. The largest absolute Gasteiger partial charge is 0.466 e. The first kappa shape index (κ1) is 51.9. The monoisotopic (exact) mass is 892 g/mol. The molecule has 4 rings (SSSR count). The van der Waals surface area contributed by atoms with E-state index in [1.807, 2.05) is 13.0 Å². The predicted molar refractivity (Wildman–Crippen MR) is 225 cm³/mol. The van der Waals surface area contributed by atoms with Crippen molar-refractivity contribution in [2.45, 2.75) is 179 Å². The lowest BCUT2D eigenvalue weighted by molar-refractivity contribution is -0.361. The maximum Gasteiger partial charge on any atom is 0.331 e. The van der Waals surface area contributed by atoms with E-state index in [0.717, 1.165) is 19.3 Å². The van der Waals surface area contributed by atoms with Gasteiger partial charge in [-0.2, -0.15) is 0 Å². The number of cyclic esters (lactones) is 1. The number of fused-ring (bicyclic) bond motifs is 6. The van der Waals surface area contributed by atoms with E-state index >= 15 is 0 Å². The Bertz CT molecular complexity index is 1760. The minimum atomic E-state index is -2.46. The summed E-state index contributed by atoms with van der Waals surface area (Å²) in [5, 5.41) is 57.8. The van der Waals surface area contributed by atoms with Gasteiger partial charge in [-0.3, -0.25) is 4.79 Å². The Balaban J connectivity index is 1.89. The molecular formula is C46H68O17. The van der Waals surface area contributed by atoms with Crippen molar-refractivity contribution in [3.63, 3.8) is 0 Å². The molecule has 3 fully saturated rings. The number of carbonyl (C=O) groups is 4. The molecule has 17 heteroatoms. The Morgan fingerprint density at radius 1 is 0.873 bits per heavy atom. The number of aliphatic hydroxyl groups excluding tert-OH is 3. The SMILES string of the molecule is CC/C=C/C=C/C(=O)O[C@H]1/C(=C/C(=O)OC)C[C@H]2C[C@H]([C@@H](C)O)OC(=O)C[C@H](O)C[C@@H]3C[C@H](OC(C)O)C(C)(C)[C@](O)(C[C@@H]4C/C(=C/C(=O)OC)C[C@H](/C=C/C(C)(C)[C@]1(O)O2)O4)O3. The van der Waals surface area contributed by atoms with Crippen LogP contribution in [0.1, 0.15) is 106 Å². The van der Waals surface area contributed by atoms with Gasteiger partial charge in [0.2, 0.25) is 5.79 Å². The summed E-state index contributed by atoms with van der Waals surface area (Å²) in [7, 11) is 2.41. The van der Waals surface area contributed by atoms with E-state index in [9.17, 15) is 44.7 Å². The molecule has 63 heavy (non-hydrogen) atoms. The molecule has 0 saturated carbocycles. The van der Waals surface area contributed by atoms with E-state index in [1.165, 1.54) is 33.1 Å². The summed E-state index contributed by atoms with van der Waals surface area (Å²) in [6.07, 6.45) is 0.702. The first-order chi connectivity index (χ1) is 29.4. The molecule has 0 aromatic carbocycles. The number of aliphatic hydroxyl groups is 5. The smallest absolute Gasteiger partial charge is 0.331 e. The van der Waals surface area contributed by atoms with Crippen LogP contribution in [0.2, 0.25) is 0 Å². The van der Waals surface area contributed by atoms with Crippen molar-refractivity contribution >= 4 is 23.9 Å². The Morgan fingerprint density at radius 2 is 1.56 bits per heavy atom. The summed E-state index contributed by atoms with van der Waals surface area (Å²) < 4.78 is 46.9. The number of allylic oxidation sites excluding steroid dienone is 3. The molecule has 4 heterocycles. The van der Waals surface area contributed by atoms with Crippen LogP contribution in [-0.2, 0) is 57.1 Å². The van der Waals surface area contributed by atoms with Gasteiger partial charge in [-0.05, 0) is 45.1 Å². The summed E-state index contributed by atoms with van der Waals surface area (Å²) in [5.74, 6) is -7.64. The van der Waals surface area contributed by atoms with Crippen LogP contribution in [0.5, 0.6) is 0 Å². The molecule has 0 aromatic heterocycles. The summed E-state index contributed by atoms with van der Waals surface area (Å²) in [4.78, 5) is 52.2. The minimum Gasteiger partial charge on any atom is -0.466 e. The number of rotatable bonds is 9. The van der Waals surface area contributed by atoms with E-state index in [0.29, 0.717) is 12.0 Å². The highest BCUT2D eigenvalue weighted by molar-refractivity contribution is 5.84. The van der Waals surface area contributed by atoms with Gasteiger partial charge in [0, 0.05) is 54.7 Å². The highest BCUT2D eigenvalue weighted by Crippen LogP contribution is 2.50. The molecule has 6 bridgehead atoms. The summed E-state index contributed by atoms with van der Waals surface area (Å²) >= 11 is 0. The summed E-state index contributed by atoms with van der Waals surface area (Å²) in [6, 6.07) is 0. The predicted octanol–water partition coefficient (Wildman–Crippen LogP) is 3.68. The number of hydrogen-bond acceptors (Lipinski definition) is 17. The van der Waals surface area contributed by atoms with Crippen LogP contribution in [0.4, 0.5) is 0 Å². The van der Waals surface area contributed by atoms with Crippen LogP contribution in [0.15, 0.2) is 59.8 Å². The van der Waals surface area contributed by atoms with E-state index in [-0.39, 0.29) is 50.5 Å². The fraction of sp³-hybridized carbons (Fsp3) is 0.696. The van der Waals surface area contributed by atoms with Crippen molar-refractivity contribution in [1.29, 1.82) is 0 Å². The van der Waals surface area contributed by atoms with E-state index < -0.39 is 114 Å². The second-order valence-corrected chi connectivity index (χ2v) is 18.0. The average Bonchev–Trinajstić information content (AvgIpc) is 3.18. The van der Waals surface area contributed by atoms with Gasteiger partial charge in [0.25, 0.3) is 0 Å². The Kier molecular flexibility index (Phi) is 18.1. The average molecular weight is 893 g/mol. The third-order valence-corrected chi connectivity index (χ3v) is 12.2. The second-order valence-electron chi connectivity index (χ2n) is 18.0. The highest BCUT2D eigenvalue weighted by Gasteiger charge is 2.59. The van der Waals surface area contributed by atoms with Crippen molar-refractivity contribution in [2.75, 3.05) is 14.2 Å². The van der Waals surface area contributed by atoms with Crippen molar-refractivity contribution in [2.24, 2.45) is 10.8 Å². The van der Waals surface area contributed by atoms with Gasteiger partial charge in [-0.1, -0.05) is 70.6 Å². The molecule has 17 nitrogen and oxygen atoms in total. The van der Waals surface area contributed by atoms with Crippen LogP contribution in [-0.4, -0.2) is 136 Å². The molecule has 3 saturated heterocycles. The van der Waals surface area contributed by atoms with Crippen molar-refractivity contribution in [3.05, 3.63) is 59.8 Å². The Labute approximate surface area is 369 Å². The van der Waals surface area contributed by atoms with Crippen LogP contribution in [0.3, 0.4) is 0 Å². The highest BCUT2D eigenvalue weighted by atomic mass is 16.7. The lowest BCUT2D eigenvalue weighted by Crippen LogP contribution is -2.62. The molecule has 0 radical (unpaired) electrons. The zero-order chi connectivity index (χ0) is 46.9. The van der Waals surface area contributed by atoms with Gasteiger partial charge in [0.05, 0.1) is 63.4 Å². The van der Waals surface area contributed by atoms with Gasteiger partial charge in [-0.25, -0.2) is 14.4 Å². The van der Waals surface area contributed by atoms with Crippen LogP contribution in [0, 0.1) is 10.8 Å². The van der Waals surface area contributed by atoms with Crippen LogP contribution >= 0.6 is 0 Å². The minimum absolute atomic E-state index is 0.110. The number of methoxy groups -OCH3 is 2. The van der Waals surface area contributed by atoms with Gasteiger partial charge >= 0.3 is 23.9 Å². The second kappa shape index (κ2) is 21.9.